The van der Waals surface area contributed by atoms with Crippen LogP contribution in [0, 0.1) is 15.9 Å². The van der Waals surface area contributed by atoms with Gasteiger partial charge in [0.15, 0.2) is 14.7 Å². The lowest BCUT2D eigenvalue weighted by Crippen LogP contribution is -2.05. The Hall–Kier alpha value is -1.50. The summed E-state index contributed by atoms with van der Waals surface area (Å²) in [6, 6.07) is 2.89. The predicted octanol–water partition coefficient (Wildman–Crippen LogP) is 1.14. The molecule has 1 aromatic rings. The zero-order valence-electron chi connectivity index (χ0n) is 7.10. The molecule has 0 spiro atoms. The van der Waals surface area contributed by atoms with Gasteiger partial charge in [-0.15, -0.1) is 0 Å². The van der Waals surface area contributed by atoms with Gasteiger partial charge in [0.05, 0.1) is 4.92 Å². The van der Waals surface area contributed by atoms with Crippen LogP contribution in [0.2, 0.25) is 0 Å². The molecule has 76 valence electrons. The molecule has 0 aliphatic carbocycles. The molecule has 5 nitrogen and oxygen atoms in total. The first-order valence-electron chi connectivity index (χ1n) is 3.47. The molecule has 0 aliphatic heterocycles. The number of benzene rings is 1. The second-order valence-corrected chi connectivity index (χ2v) is 4.57. The Morgan fingerprint density at radius 1 is 1.43 bits per heavy atom. The third-order valence-electron chi connectivity index (χ3n) is 1.51. The van der Waals surface area contributed by atoms with E-state index in [1.54, 1.807) is 0 Å². The molecule has 14 heavy (non-hydrogen) atoms. The molecular weight excluding hydrogens is 213 g/mol. The highest BCUT2D eigenvalue weighted by molar-refractivity contribution is 7.90. The van der Waals surface area contributed by atoms with Crippen molar-refractivity contribution in [3.8, 4) is 0 Å². The lowest BCUT2D eigenvalue weighted by atomic mass is 10.3. The number of hydrogen-bond acceptors (Lipinski definition) is 4. The zero-order chi connectivity index (χ0) is 10.9. The molecule has 0 N–H and O–H groups in total. The Labute approximate surface area is 79.2 Å². The van der Waals surface area contributed by atoms with Gasteiger partial charge in [0.2, 0.25) is 0 Å². The minimum atomic E-state index is -3.93. The van der Waals surface area contributed by atoms with Crippen LogP contribution in [0.5, 0.6) is 0 Å². The van der Waals surface area contributed by atoms with Crippen molar-refractivity contribution in [3.05, 3.63) is 34.1 Å². The summed E-state index contributed by atoms with van der Waals surface area (Å²) in [7, 11) is -3.93. The van der Waals surface area contributed by atoms with Crippen LogP contribution in [0.3, 0.4) is 0 Å². The van der Waals surface area contributed by atoms with Crippen molar-refractivity contribution in [2.75, 3.05) is 6.26 Å². The molecule has 0 saturated carbocycles. The largest absolute Gasteiger partial charge is 0.290 e. The Balaban J connectivity index is 3.62. The molecule has 0 unspecified atom stereocenters. The monoisotopic (exact) mass is 219 g/mol. The van der Waals surface area contributed by atoms with E-state index in [1.807, 2.05) is 0 Å². The summed E-state index contributed by atoms with van der Waals surface area (Å²) in [5.74, 6) is -1.11. The highest BCUT2D eigenvalue weighted by Gasteiger charge is 2.25. The lowest BCUT2D eigenvalue weighted by molar-refractivity contribution is -0.388. The Bertz CT molecular complexity index is 482. The third-order valence-corrected chi connectivity index (χ3v) is 2.66. The van der Waals surface area contributed by atoms with Gasteiger partial charge in [0.1, 0.15) is 5.82 Å². The quantitative estimate of drug-likeness (QED) is 0.552. The first kappa shape index (κ1) is 10.6. The number of nitrogens with zero attached hydrogens (tertiary/aromatic N) is 1. The van der Waals surface area contributed by atoms with E-state index in [4.69, 9.17) is 0 Å². The van der Waals surface area contributed by atoms with Gasteiger partial charge in [-0.3, -0.25) is 10.1 Å². The van der Waals surface area contributed by atoms with Gasteiger partial charge in [-0.1, -0.05) is 6.07 Å². The van der Waals surface area contributed by atoms with Gasteiger partial charge in [0, 0.05) is 12.3 Å². The van der Waals surface area contributed by atoms with E-state index in [0.29, 0.717) is 0 Å². The van der Waals surface area contributed by atoms with Gasteiger partial charge in [0.25, 0.3) is 5.69 Å². The van der Waals surface area contributed by atoms with Crippen LogP contribution < -0.4 is 0 Å². The van der Waals surface area contributed by atoms with E-state index < -0.39 is 31.2 Å². The summed E-state index contributed by atoms with van der Waals surface area (Å²) in [6.07, 6.45) is 0.721. The minimum Gasteiger partial charge on any atom is -0.258 e. The normalized spacial score (nSPS) is 11.3. The SMILES string of the molecule is CS(=O)(=O)c1c(F)cccc1[N+](=O)[O-]. The maximum atomic E-state index is 13.0. The number of rotatable bonds is 2. The summed E-state index contributed by atoms with van der Waals surface area (Å²) in [4.78, 5) is 8.59. The lowest BCUT2D eigenvalue weighted by Gasteiger charge is -2.00. The van der Waals surface area contributed by atoms with E-state index in [9.17, 15) is 22.9 Å². The van der Waals surface area contributed by atoms with Crippen LogP contribution in [-0.4, -0.2) is 19.6 Å². The number of sulfone groups is 1. The van der Waals surface area contributed by atoms with Crippen molar-refractivity contribution in [1.29, 1.82) is 0 Å². The molecule has 0 bridgehead atoms. The summed E-state index contributed by atoms with van der Waals surface area (Å²) in [5, 5.41) is 10.4. The predicted molar refractivity (Wildman–Crippen MR) is 46.2 cm³/mol. The number of nitro groups is 1. The average Bonchev–Trinajstić information content (AvgIpc) is 2.01. The Morgan fingerprint density at radius 3 is 2.36 bits per heavy atom. The van der Waals surface area contributed by atoms with E-state index in [1.165, 1.54) is 0 Å². The fraction of sp³-hybridized carbons (Fsp3) is 0.143. The number of halogens is 1. The molecule has 0 radical (unpaired) electrons. The fourth-order valence-electron chi connectivity index (χ4n) is 1.01. The molecule has 0 aromatic heterocycles. The van der Waals surface area contributed by atoms with Crippen LogP contribution in [-0.2, 0) is 9.84 Å². The van der Waals surface area contributed by atoms with Gasteiger partial charge in [-0.25, -0.2) is 12.8 Å². The van der Waals surface area contributed by atoms with Crippen molar-refractivity contribution in [3.63, 3.8) is 0 Å². The Morgan fingerprint density at radius 2 is 2.00 bits per heavy atom. The summed E-state index contributed by atoms with van der Waals surface area (Å²) in [6.45, 7) is 0. The topological polar surface area (TPSA) is 77.3 Å². The van der Waals surface area contributed by atoms with Crippen LogP contribution >= 0.6 is 0 Å². The summed E-state index contributed by atoms with van der Waals surface area (Å²) in [5.41, 5.74) is -0.743. The van der Waals surface area contributed by atoms with Crippen molar-refractivity contribution in [2.24, 2.45) is 0 Å². The van der Waals surface area contributed by atoms with E-state index in [2.05, 4.69) is 0 Å². The second-order valence-electron chi connectivity index (χ2n) is 2.62. The fourth-order valence-corrected chi connectivity index (χ4v) is 1.95. The molecule has 0 heterocycles. The maximum Gasteiger partial charge on any atom is 0.290 e. The number of nitro benzene ring substituents is 1. The zero-order valence-corrected chi connectivity index (χ0v) is 7.91. The average molecular weight is 219 g/mol. The molecular formula is C7H6FNO4S. The molecule has 7 heteroatoms. The highest BCUT2D eigenvalue weighted by atomic mass is 32.2. The Kier molecular flexibility index (Phi) is 2.52. The summed E-state index contributed by atoms with van der Waals surface area (Å²) < 4.78 is 35.1. The van der Waals surface area contributed by atoms with Gasteiger partial charge in [-0.2, -0.15) is 0 Å². The van der Waals surface area contributed by atoms with Crippen LogP contribution in [0.1, 0.15) is 0 Å². The second kappa shape index (κ2) is 3.33. The molecule has 0 amide bonds. The molecule has 0 fully saturated rings. The van der Waals surface area contributed by atoms with Crippen molar-refractivity contribution < 1.29 is 17.7 Å². The van der Waals surface area contributed by atoms with E-state index >= 15 is 0 Å². The summed E-state index contributed by atoms with van der Waals surface area (Å²) >= 11 is 0. The maximum absolute atomic E-state index is 13.0. The minimum absolute atomic E-state index is 0.721. The molecule has 0 atom stereocenters. The van der Waals surface area contributed by atoms with Gasteiger partial charge < -0.3 is 0 Å². The smallest absolute Gasteiger partial charge is 0.258 e. The standard InChI is InChI=1S/C7H6FNO4S/c1-14(12,13)7-5(8)3-2-4-6(7)9(10)11/h2-4H,1H3. The third kappa shape index (κ3) is 1.87. The first-order chi connectivity index (χ1) is 6.34. The molecule has 0 aliphatic rings. The molecule has 0 saturated heterocycles. The van der Waals surface area contributed by atoms with Crippen molar-refractivity contribution >= 4 is 15.5 Å². The van der Waals surface area contributed by atoms with Crippen LogP contribution in [0.4, 0.5) is 10.1 Å². The van der Waals surface area contributed by atoms with Crippen molar-refractivity contribution in [1.82, 2.24) is 0 Å². The van der Waals surface area contributed by atoms with Crippen LogP contribution in [0.15, 0.2) is 23.1 Å². The van der Waals surface area contributed by atoms with E-state index in [0.717, 1.165) is 24.5 Å². The van der Waals surface area contributed by atoms with Crippen LogP contribution in [0.25, 0.3) is 0 Å². The van der Waals surface area contributed by atoms with Gasteiger partial charge in [-0.05, 0) is 6.07 Å². The first-order valence-corrected chi connectivity index (χ1v) is 5.36. The highest BCUT2D eigenvalue weighted by Crippen LogP contribution is 2.25. The molecule has 1 rings (SSSR count). The van der Waals surface area contributed by atoms with Gasteiger partial charge >= 0.3 is 0 Å². The van der Waals surface area contributed by atoms with Crippen molar-refractivity contribution in [2.45, 2.75) is 4.90 Å². The number of hydrogen-bond donors (Lipinski definition) is 0. The van der Waals surface area contributed by atoms with E-state index in [-0.39, 0.29) is 0 Å². The molecule has 1 aromatic carbocycles.